The zero-order chi connectivity index (χ0) is 24.6. The van der Waals surface area contributed by atoms with Crippen molar-refractivity contribution in [2.45, 2.75) is 50.0 Å². The monoisotopic (exact) mass is 486 g/mol. The zero-order valence-corrected chi connectivity index (χ0v) is 17.4. The highest BCUT2D eigenvalue weighted by atomic mass is 19.4. The first kappa shape index (κ1) is 23.6. The molecular formula is C21H19F5N4O4. The van der Waals surface area contributed by atoms with E-state index in [-0.39, 0.29) is 12.1 Å². The van der Waals surface area contributed by atoms with Gasteiger partial charge in [-0.1, -0.05) is 24.3 Å². The SMILES string of the molecule is O=C1CC(C(F)(F)F)C(C(=O)NC2CCC(NC(=O)c3coc(C(F)F)n3)c3ccccc32)N1. The molecule has 1 saturated heterocycles. The third-order valence-electron chi connectivity index (χ3n) is 5.88. The lowest BCUT2D eigenvalue weighted by atomic mass is 9.83. The number of nitrogens with one attached hydrogen (secondary N) is 3. The van der Waals surface area contributed by atoms with Crippen LogP contribution in [0.2, 0.25) is 0 Å². The van der Waals surface area contributed by atoms with Crippen LogP contribution in [0.25, 0.3) is 0 Å². The summed E-state index contributed by atoms with van der Waals surface area (Å²) in [6.45, 7) is 0. The van der Waals surface area contributed by atoms with Crippen molar-refractivity contribution < 1.29 is 40.8 Å². The van der Waals surface area contributed by atoms with Crippen LogP contribution in [0, 0.1) is 5.92 Å². The maximum atomic E-state index is 13.3. The van der Waals surface area contributed by atoms with Crippen LogP contribution < -0.4 is 16.0 Å². The molecule has 4 atom stereocenters. The average molecular weight is 486 g/mol. The summed E-state index contributed by atoms with van der Waals surface area (Å²) in [6.07, 6.45) is -7.11. The van der Waals surface area contributed by atoms with E-state index in [0.717, 1.165) is 6.26 Å². The molecule has 34 heavy (non-hydrogen) atoms. The number of hydrogen-bond acceptors (Lipinski definition) is 5. The van der Waals surface area contributed by atoms with E-state index in [9.17, 15) is 36.3 Å². The minimum atomic E-state index is -4.72. The van der Waals surface area contributed by atoms with Crippen LogP contribution in [0.5, 0.6) is 0 Å². The number of hydrogen-bond donors (Lipinski definition) is 3. The van der Waals surface area contributed by atoms with Crippen molar-refractivity contribution in [2.75, 3.05) is 0 Å². The molecule has 2 aliphatic rings. The number of amides is 3. The summed E-state index contributed by atoms with van der Waals surface area (Å²) in [5.41, 5.74) is 0.861. The lowest BCUT2D eigenvalue weighted by molar-refractivity contribution is -0.180. The number of rotatable bonds is 5. The maximum absolute atomic E-state index is 13.3. The van der Waals surface area contributed by atoms with Gasteiger partial charge in [0.15, 0.2) is 5.69 Å². The fraction of sp³-hybridized carbons (Fsp3) is 0.429. The van der Waals surface area contributed by atoms with Gasteiger partial charge in [0.05, 0.1) is 18.0 Å². The topological polar surface area (TPSA) is 113 Å². The number of nitrogens with zero attached hydrogens (tertiary/aromatic N) is 1. The Labute approximate surface area is 189 Å². The lowest BCUT2D eigenvalue weighted by Gasteiger charge is -2.33. The molecule has 8 nitrogen and oxygen atoms in total. The predicted molar refractivity (Wildman–Crippen MR) is 104 cm³/mol. The average Bonchev–Trinajstić information content (AvgIpc) is 3.42. The standard InChI is InChI=1S/C21H19F5N4O4/c22-17(23)20-29-14(8-34-20)18(32)27-12-5-6-13(10-4-2-1-3-9(10)12)28-19(33)16-11(21(24,25)26)7-15(31)30-16/h1-4,8,11-13,16-17H,5-7H2,(H,27,32)(H,28,33)(H,30,31). The summed E-state index contributed by atoms with van der Waals surface area (Å²) in [4.78, 5) is 40.1. The van der Waals surface area contributed by atoms with E-state index in [1.165, 1.54) is 0 Å². The fourth-order valence-corrected chi connectivity index (χ4v) is 4.28. The van der Waals surface area contributed by atoms with Crippen LogP contribution in [0.1, 0.15) is 65.3 Å². The van der Waals surface area contributed by atoms with E-state index in [1.807, 2.05) is 0 Å². The molecular weight excluding hydrogens is 467 g/mol. The molecule has 1 aromatic heterocycles. The van der Waals surface area contributed by atoms with Gasteiger partial charge in [0.1, 0.15) is 12.3 Å². The van der Waals surface area contributed by atoms with Crippen LogP contribution in [-0.2, 0) is 9.59 Å². The van der Waals surface area contributed by atoms with Crippen LogP contribution >= 0.6 is 0 Å². The molecule has 1 aliphatic heterocycles. The number of fused-ring (bicyclic) bond motifs is 1. The van der Waals surface area contributed by atoms with Gasteiger partial charge in [-0.05, 0) is 24.0 Å². The summed E-state index contributed by atoms with van der Waals surface area (Å²) in [5, 5.41) is 7.35. The van der Waals surface area contributed by atoms with E-state index in [1.54, 1.807) is 24.3 Å². The number of aromatic nitrogens is 1. The van der Waals surface area contributed by atoms with Gasteiger partial charge in [-0.3, -0.25) is 14.4 Å². The van der Waals surface area contributed by atoms with Crippen molar-refractivity contribution in [3.63, 3.8) is 0 Å². The van der Waals surface area contributed by atoms with Crippen LogP contribution in [-0.4, -0.2) is 34.9 Å². The van der Waals surface area contributed by atoms with E-state index in [2.05, 4.69) is 25.4 Å². The van der Waals surface area contributed by atoms with Gasteiger partial charge in [-0.2, -0.15) is 22.0 Å². The van der Waals surface area contributed by atoms with Gasteiger partial charge >= 0.3 is 12.6 Å². The van der Waals surface area contributed by atoms with E-state index < -0.39 is 66.7 Å². The lowest BCUT2D eigenvalue weighted by Crippen LogP contribution is -2.49. The molecule has 3 amide bonds. The second kappa shape index (κ2) is 9.03. The highest BCUT2D eigenvalue weighted by Crippen LogP contribution is 2.38. The molecule has 1 aromatic carbocycles. The summed E-state index contributed by atoms with van der Waals surface area (Å²) in [6, 6.07) is 3.76. The van der Waals surface area contributed by atoms with Crippen LogP contribution in [0.4, 0.5) is 22.0 Å². The van der Waals surface area contributed by atoms with Crippen molar-refractivity contribution in [1.82, 2.24) is 20.9 Å². The number of carbonyl (C=O) groups excluding carboxylic acids is 3. The largest absolute Gasteiger partial charge is 0.443 e. The molecule has 3 N–H and O–H groups in total. The Balaban J connectivity index is 1.48. The smallest absolute Gasteiger partial charge is 0.394 e. The molecule has 4 unspecified atom stereocenters. The molecule has 2 aromatic rings. The van der Waals surface area contributed by atoms with E-state index >= 15 is 0 Å². The summed E-state index contributed by atoms with van der Waals surface area (Å²) >= 11 is 0. The molecule has 0 saturated carbocycles. The van der Waals surface area contributed by atoms with Gasteiger partial charge in [-0.25, -0.2) is 4.98 Å². The normalized spacial score (nSPS) is 24.5. The molecule has 0 spiro atoms. The Hall–Kier alpha value is -3.51. The van der Waals surface area contributed by atoms with Crippen molar-refractivity contribution >= 4 is 17.7 Å². The Kier molecular flexibility index (Phi) is 6.28. The summed E-state index contributed by atoms with van der Waals surface area (Å²) in [5.74, 6) is -5.53. The number of oxazole rings is 1. The van der Waals surface area contributed by atoms with Crippen molar-refractivity contribution in [3.8, 4) is 0 Å². The Morgan fingerprint density at radius 3 is 2.26 bits per heavy atom. The second-order valence-electron chi connectivity index (χ2n) is 8.06. The molecule has 2 heterocycles. The summed E-state index contributed by atoms with van der Waals surface area (Å²) in [7, 11) is 0. The maximum Gasteiger partial charge on any atom is 0.394 e. The summed E-state index contributed by atoms with van der Waals surface area (Å²) < 4.78 is 69.7. The highest BCUT2D eigenvalue weighted by molar-refractivity contribution is 5.93. The minimum Gasteiger partial charge on any atom is -0.443 e. The van der Waals surface area contributed by atoms with Gasteiger partial charge in [0, 0.05) is 6.42 Å². The third-order valence-corrected chi connectivity index (χ3v) is 5.88. The van der Waals surface area contributed by atoms with Crippen molar-refractivity contribution in [1.29, 1.82) is 0 Å². The third kappa shape index (κ3) is 4.73. The second-order valence-corrected chi connectivity index (χ2v) is 8.06. The molecule has 4 rings (SSSR count). The first-order valence-corrected chi connectivity index (χ1v) is 10.3. The first-order chi connectivity index (χ1) is 16.0. The van der Waals surface area contributed by atoms with Crippen LogP contribution in [0.3, 0.4) is 0 Å². The first-order valence-electron chi connectivity index (χ1n) is 10.3. The molecule has 1 aliphatic carbocycles. The number of halogens is 5. The van der Waals surface area contributed by atoms with Crippen LogP contribution in [0.15, 0.2) is 34.9 Å². The highest BCUT2D eigenvalue weighted by Gasteiger charge is 2.53. The van der Waals surface area contributed by atoms with Gasteiger partial charge < -0.3 is 20.4 Å². The molecule has 13 heteroatoms. The van der Waals surface area contributed by atoms with Gasteiger partial charge in [0.2, 0.25) is 11.8 Å². The number of carbonyl (C=O) groups is 3. The molecule has 0 radical (unpaired) electrons. The fourth-order valence-electron chi connectivity index (χ4n) is 4.28. The van der Waals surface area contributed by atoms with Crippen molar-refractivity contribution in [3.05, 3.63) is 53.2 Å². The molecule has 182 valence electrons. The van der Waals surface area contributed by atoms with Crippen molar-refractivity contribution in [2.24, 2.45) is 5.92 Å². The van der Waals surface area contributed by atoms with Gasteiger partial charge in [-0.15, -0.1) is 0 Å². The minimum absolute atomic E-state index is 0.270. The Bertz CT molecular complexity index is 1100. The van der Waals surface area contributed by atoms with E-state index in [4.69, 9.17) is 0 Å². The Morgan fingerprint density at radius 2 is 1.71 bits per heavy atom. The van der Waals surface area contributed by atoms with Gasteiger partial charge in [0.25, 0.3) is 11.8 Å². The molecule has 1 fully saturated rings. The predicted octanol–water partition coefficient (Wildman–Crippen LogP) is 3.10. The zero-order valence-electron chi connectivity index (χ0n) is 17.4. The quantitative estimate of drug-likeness (QED) is 0.563. The number of benzene rings is 1. The molecule has 0 bridgehead atoms. The Morgan fingerprint density at radius 1 is 1.09 bits per heavy atom. The number of alkyl halides is 5. The van der Waals surface area contributed by atoms with E-state index in [0.29, 0.717) is 17.5 Å².